The van der Waals surface area contributed by atoms with Gasteiger partial charge in [-0.2, -0.15) is 10.5 Å². The average molecular weight is 201 g/mol. The van der Waals surface area contributed by atoms with E-state index in [2.05, 4.69) is 17.5 Å². The van der Waals surface area contributed by atoms with E-state index in [9.17, 15) is 0 Å². The summed E-state index contributed by atoms with van der Waals surface area (Å²) in [5, 5.41) is 22.9. The Morgan fingerprint density at radius 1 is 1.80 bits per heavy atom. The van der Waals surface area contributed by atoms with Crippen molar-refractivity contribution in [2.75, 3.05) is 0 Å². The van der Waals surface area contributed by atoms with Crippen molar-refractivity contribution in [1.82, 2.24) is 0 Å². The van der Waals surface area contributed by atoms with Crippen LogP contribution in [0.4, 0.5) is 4.79 Å². The Bertz CT molecular complexity index is 114. The number of thiol groups is 1. The molecule has 2 N–H and O–H groups in total. The molecule has 50 valence electrons. The van der Waals surface area contributed by atoms with Crippen LogP contribution in [0.15, 0.2) is 0 Å². The molecule has 0 aliphatic carbocycles. The first kappa shape index (κ1) is 22.6. The van der Waals surface area contributed by atoms with Crippen LogP contribution in [0.1, 0.15) is 2.85 Å². The molecule has 0 aromatic rings. The number of carbonyl (C=O) groups is 1. The fourth-order valence-corrected chi connectivity index (χ4v) is 0. The first-order valence-electron chi connectivity index (χ1n) is 1.26. The molecule has 0 spiro atoms. The third-order valence-corrected chi connectivity index (χ3v) is 0.0781. The molecular formula is C2H5KNNaO4S. The second-order valence-electron chi connectivity index (χ2n) is 0.457. The molecule has 0 heterocycles. The van der Waals surface area contributed by atoms with Crippen LogP contribution in [0.5, 0.6) is 0 Å². The number of nitriles is 1. The summed E-state index contributed by atoms with van der Waals surface area (Å²) in [6, 6.07) is 0. The predicted octanol–water partition coefficient (Wildman–Crippen LogP) is -5.22. The quantitative estimate of drug-likeness (QED) is 0.120. The van der Waals surface area contributed by atoms with Gasteiger partial charge in [-0.3, -0.25) is 4.89 Å². The second kappa shape index (κ2) is 22.4. The fraction of sp³-hybridized carbons (Fsp3) is 0. The maximum absolute atomic E-state index is 8.90. The van der Waals surface area contributed by atoms with E-state index in [1.165, 1.54) is 5.40 Å². The third-order valence-electron chi connectivity index (χ3n) is 0.0781. The molecule has 0 rings (SSSR count). The minimum Gasteiger partial charge on any atom is -1.00 e. The van der Waals surface area contributed by atoms with Crippen molar-refractivity contribution >= 4 is 18.8 Å². The van der Waals surface area contributed by atoms with Gasteiger partial charge < -0.3 is 7.96 Å². The molecule has 0 aliphatic heterocycles. The smallest absolute Gasteiger partial charge is 1.00 e. The van der Waals surface area contributed by atoms with Gasteiger partial charge in [0, 0.05) is 0 Å². The molecule has 0 aromatic carbocycles. The van der Waals surface area contributed by atoms with Crippen LogP contribution in [0, 0.1) is 10.7 Å². The molecule has 0 saturated heterocycles. The van der Waals surface area contributed by atoms with Crippen LogP contribution in [-0.2, 0) is 4.89 Å². The maximum Gasteiger partial charge on any atom is 1.00 e. The van der Waals surface area contributed by atoms with Gasteiger partial charge in [0.05, 0.1) is 0 Å². The van der Waals surface area contributed by atoms with E-state index >= 15 is 0 Å². The third kappa shape index (κ3) is 53.6. The summed E-state index contributed by atoms with van der Waals surface area (Å²) in [4.78, 5) is 11.6. The zero-order chi connectivity index (χ0) is 6.99. The summed E-state index contributed by atoms with van der Waals surface area (Å²) in [6.45, 7) is 0. The van der Waals surface area contributed by atoms with E-state index in [-0.39, 0.29) is 83.8 Å². The minimum absolute atomic E-state index is 0. The number of nitrogens with zero attached hydrogens (tertiary/aromatic N) is 1. The Morgan fingerprint density at radius 2 is 1.90 bits per heavy atom. The molecular weight excluding hydrogens is 196 g/mol. The average Bonchev–Trinajstić information content (AvgIpc) is 1.69. The molecule has 8 heteroatoms. The largest absolute Gasteiger partial charge is 1.00 e. The Hall–Kier alpha value is 1.71. The molecule has 0 fully saturated rings. The van der Waals surface area contributed by atoms with Gasteiger partial charge in [0.15, 0.2) is 0 Å². The van der Waals surface area contributed by atoms with Gasteiger partial charge in [-0.1, -0.05) is 12.6 Å². The number of hydrogen-bond acceptors (Lipinski definition) is 5. The summed E-state index contributed by atoms with van der Waals surface area (Å²) < 4.78 is 0. The summed E-state index contributed by atoms with van der Waals surface area (Å²) >= 11 is 3.09. The van der Waals surface area contributed by atoms with Crippen molar-refractivity contribution in [2.24, 2.45) is 0 Å². The molecule has 0 bridgehead atoms. The molecule has 0 unspecified atom stereocenters. The van der Waals surface area contributed by atoms with Crippen LogP contribution < -0.4 is 80.9 Å². The molecule has 10 heavy (non-hydrogen) atoms. The van der Waals surface area contributed by atoms with E-state index in [1.807, 2.05) is 0 Å². The van der Waals surface area contributed by atoms with E-state index in [0.29, 0.717) is 0 Å². The van der Waals surface area contributed by atoms with Crippen LogP contribution in [0.3, 0.4) is 0 Å². The summed E-state index contributed by atoms with van der Waals surface area (Å²) in [5.74, 6) is 0. The van der Waals surface area contributed by atoms with Gasteiger partial charge in [0.25, 0.3) is 0 Å². The zero-order valence-corrected chi connectivity index (χ0v) is 11.6. The van der Waals surface area contributed by atoms with Crippen LogP contribution >= 0.6 is 12.6 Å². The van der Waals surface area contributed by atoms with E-state index in [1.54, 1.807) is 0 Å². The zero-order valence-electron chi connectivity index (χ0n) is 7.61. The van der Waals surface area contributed by atoms with Gasteiger partial charge in [0.2, 0.25) is 0 Å². The number of thiocyanates is 1. The van der Waals surface area contributed by atoms with Gasteiger partial charge >= 0.3 is 87.1 Å². The first-order chi connectivity index (χ1) is 3.68. The fourth-order valence-electron chi connectivity index (χ4n) is 0. The van der Waals surface area contributed by atoms with Crippen molar-refractivity contribution in [3.8, 4) is 5.40 Å². The monoisotopic (exact) mass is 201 g/mol. The Morgan fingerprint density at radius 3 is 1.90 bits per heavy atom. The van der Waals surface area contributed by atoms with Crippen molar-refractivity contribution in [1.29, 1.82) is 5.26 Å². The van der Waals surface area contributed by atoms with Crippen molar-refractivity contribution < 1.29 is 104 Å². The van der Waals surface area contributed by atoms with E-state index in [4.69, 9.17) is 20.4 Å². The number of rotatable bonds is 0. The predicted molar refractivity (Wildman–Crippen MR) is 28.6 cm³/mol. The molecule has 0 atom stereocenters. The van der Waals surface area contributed by atoms with Crippen LogP contribution in [-0.4, -0.2) is 16.5 Å². The maximum atomic E-state index is 8.90. The summed E-state index contributed by atoms with van der Waals surface area (Å²) in [5.41, 5.74) is 0. The Kier molecular flexibility index (Phi) is 50.7. The Labute approximate surface area is 131 Å². The molecule has 5 nitrogen and oxygen atoms in total. The molecule has 0 aliphatic rings. The normalized spacial score (nSPS) is 4.10. The van der Waals surface area contributed by atoms with E-state index < -0.39 is 6.16 Å². The minimum atomic E-state index is -1.69. The topological polar surface area (TPSA) is 90.6 Å². The molecule has 0 saturated carbocycles. The van der Waals surface area contributed by atoms with Gasteiger partial charge in [-0.15, -0.1) is 0 Å². The molecule has 0 aromatic heterocycles. The van der Waals surface area contributed by atoms with E-state index in [0.717, 1.165) is 0 Å². The van der Waals surface area contributed by atoms with Crippen molar-refractivity contribution in [3.05, 3.63) is 0 Å². The first-order valence-corrected chi connectivity index (χ1v) is 1.71. The summed E-state index contributed by atoms with van der Waals surface area (Å²) in [7, 11) is 0. The SMILES string of the molecule is N#CS.O=C(O)OO.[H-].[H-].[K+].[Na+]. The van der Waals surface area contributed by atoms with Gasteiger partial charge in [-0.05, 0) is 0 Å². The van der Waals surface area contributed by atoms with Crippen LogP contribution in [0.25, 0.3) is 0 Å². The summed E-state index contributed by atoms with van der Waals surface area (Å²) in [6.07, 6.45) is -1.69. The molecule has 0 radical (unpaired) electrons. The van der Waals surface area contributed by atoms with Crippen molar-refractivity contribution in [2.45, 2.75) is 0 Å². The number of carboxylic acid groups (broad SMARTS) is 1. The van der Waals surface area contributed by atoms with Gasteiger partial charge in [-0.25, -0.2) is 4.79 Å². The standard InChI is InChI=1S/CHNS.CH2O4.K.Na.2H/c2-1-3;2-1(3)5-4;;;;/h3H;4H,(H,2,3);;;;/q;;2*+1;2*-1. The molecule has 0 amide bonds. The number of hydrogen-bond donors (Lipinski definition) is 3. The van der Waals surface area contributed by atoms with Crippen LogP contribution in [0.2, 0.25) is 0 Å². The Balaban J connectivity index is -0.0000000119. The van der Waals surface area contributed by atoms with Crippen molar-refractivity contribution in [3.63, 3.8) is 0 Å². The second-order valence-corrected chi connectivity index (χ2v) is 0.657. The van der Waals surface area contributed by atoms with Gasteiger partial charge in [0.1, 0.15) is 5.40 Å².